The van der Waals surface area contributed by atoms with E-state index in [-0.39, 0.29) is 12.2 Å². The molecule has 2 rings (SSSR count). The van der Waals surface area contributed by atoms with Crippen LogP contribution in [0.2, 0.25) is 0 Å². The average Bonchev–Trinajstić information content (AvgIpc) is 2.46. The first kappa shape index (κ1) is 13.0. The van der Waals surface area contributed by atoms with Gasteiger partial charge in [0.05, 0.1) is 0 Å². The molecule has 1 atom stereocenters. The molecular formula is C16H13O3-. The number of aliphatic carboxylic acids is 1. The lowest BCUT2D eigenvalue weighted by molar-refractivity contribution is -0.307. The van der Waals surface area contributed by atoms with Gasteiger partial charge in [-0.25, -0.2) is 0 Å². The molecular weight excluding hydrogens is 240 g/mol. The van der Waals surface area contributed by atoms with Gasteiger partial charge in [-0.3, -0.25) is 4.79 Å². The fourth-order valence-corrected chi connectivity index (χ4v) is 1.95. The highest BCUT2D eigenvalue weighted by Crippen LogP contribution is 2.21. The molecule has 0 spiro atoms. The predicted octanol–water partition coefficient (Wildman–Crippen LogP) is 1.79. The second kappa shape index (κ2) is 5.96. The van der Waals surface area contributed by atoms with Crippen molar-refractivity contribution in [3.05, 3.63) is 71.8 Å². The molecule has 0 aliphatic carbocycles. The van der Waals surface area contributed by atoms with Crippen LogP contribution in [-0.2, 0) is 4.79 Å². The fourth-order valence-electron chi connectivity index (χ4n) is 1.95. The van der Waals surface area contributed by atoms with Crippen LogP contribution in [0.3, 0.4) is 0 Å². The van der Waals surface area contributed by atoms with E-state index in [1.165, 1.54) is 0 Å². The number of rotatable bonds is 5. The highest BCUT2D eigenvalue weighted by molar-refractivity contribution is 5.98. The van der Waals surface area contributed by atoms with E-state index in [9.17, 15) is 14.7 Å². The number of carboxylic acids is 1. The Hall–Kier alpha value is -2.42. The summed E-state index contributed by atoms with van der Waals surface area (Å²) in [7, 11) is 0. The number of benzene rings is 2. The third-order valence-electron chi connectivity index (χ3n) is 2.97. The minimum atomic E-state index is -1.23. The van der Waals surface area contributed by atoms with Crippen LogP contribution in [0.25, 0.3) is 0 Å². The van der Waals surface area contributed by atoms with Gasteiger partial charge in [0, 0.05) is 23.9 Å². The van der Waals surface area contributed by atoms with E-state index in [4.69, 9.17) is 0 Å². The van der Waals surface area contributed by atoms with Crippen molar-refractivity contribution < 1.29 is 14.7 Å². The summed E-state index contributed by atoms with van der Waals surface area (Å²) in [6.45, 7) is 0. The molecule has 0 aliphatic rings. The van der Waals surface area contributed by atoms with Gasteiger partial charge in [-0.1, -0.05) is 60.7 Å². The number of carbonyl (C=O) groups excluding carboxylic acids is 2. The van der Waals surface area contributed by atoms with Crippen molar-refractivity contribution in [2.75, 3.05) is 0 Å². The number of carbonyl (C=O) groups is 2. The molecule has 0 unspecified atom stereocenters. The quantitative estimate of drug-likeness (QED) is 0.763. The Kier molecular flexibility index (Phi) is 4.08. The molecule has 0 radical (unpaired) electrons. The van der Waals surface area contributed by atoms with Gasteiger partial charge in [-0.15, -0.1) is 0 Å². The largest absolute Gasteiger partial charge is 0.549 e. The molecule has 0 aromatic heterocycles. The van der Waals surface area contributed by atoms with E-state index < -0.39 is 11.9 Å². The zero-order valence-electron chi connectivity index (χ0n) is 10.3. The lowest BCUT2D eigenvalue weighted by atomic mass is 9.92. The maximum Gasteiger partial charge on any atom is 0.163 e. The van der Waals surface area contributed by atoms with Crippen molar-refractivity contribution in [1.29, 1.82) is 0 Å². The molecule has 0 bridgehead atoms. The van der Waals surface area contributed by atoms with E-state index in [2.05, 4.69) is 0 Å². The first-order valence-electron chi connectivity index (χ1n) is 6.02. The summed E-state index contributed by atoms with van der Waals surface area (Å²) in [4.78, 5) is 23.2. The van der Waals surface area contributed by atoms with Crippen LogP contribution >= 0.6 is 0 Å². The Bertz CT molecular complexity index is 561. The summed E-state index contributed by atoms with van der Waals surface area (Å²) in [5, 5.41) is 11.2. The Morgan fingerprint density at radius 2 is 1.42 bits per heavy atom. The topological polar surface area (TPSA) is 57.2 Å². The number of hydrogen-bond donors (Lipinski definition) is 0. The van der Waals surface area contributed by atoms with Crippen molar-refractivity contribution in [2.45, 2.75) is 12.3 Å². The number of hydrogen-bond acceptors (Lipinski definition) is 3. The summed E-state index contributed by atoms with van der Waals surface area (Å²) in [5.41, 5.74) is 1.11. The van der Waals surface area contributed by atoms with Crippen molar-refractivity contribution in [3.63, 3.8) is 0 Å². The fraction of sp³-hybridized carbons (Fsp3) is 0.125. The molecule has 96 valence electrons. The van der Waals surface area contributed by atoms with Gasteiger partial charge in [-0.2, -0.15) is 0 Å². The van der Waals surface area contributed by atoms with E-state index in [1.54, 1.807) is 54.6 Å². The van der Waals surface area contributed by atoms with E-state index >= 15 is 0 Å². The van der Waals surface area contributed by atoms with Gasteiger partial charge in [-0.05, 0) is 5.56 Å². The average molecular weight is 253 g/mol. The summed E-state index contributed by atoms with van der Waals surface area (Å²) in [5.74, 6) is -2.33. The van der Waals surface area contributed by atoms with Gasteiger partial charge in [0.15, 0.2) is 5.78 Å². The molecule has 3 heteroatoms. The Balaban J connectivity index is 2.19. The smallest absolute Gasteiger partial charge is 0.163 e. The van der Waals surface area contributed by atoms with Crippen molar-refractivity contribution in [2.24, 2.45) is 0 Å². The van der Waals surface area contributed by atoms with Crippen LogP contribution in [-0.4, -0.2) is 11.8 Å². The summed E-state index contributed by atoms with van der Waals surface area (Å²) >= 11 is 0. The van der Waals surface area contributed by atoms with Crippen LogP contribution in [0.1, 0.15) is 28.3 Å². The molecule has 0 N–H and O–H groups in total. The van der Waals surface area contributed by atoms with Crippen molar-refractivity contribution >= 4 is 11.8 Å². The molecule has 0 amide bonds. The summed E-state index contributed by atoms with van der Waals surface area (Å²) in [6, 6.07) is 17.4. The van der Waals surface area contributed by atoms with Crippen molar-refractivity contribution in [3.8, 4) is 0 Å². The second-order valence-corrected chi connectivity index (χ2v) is 4.28. The zero-order chi connectivity index (χ0) is 13.7. The standard InChI is InChI=1S/C16H14O3/c17-15(13-9-5-2-6-10-13)11-14(16(18)19)12-7-3-1-4-8-12/h1-10,14H,11H2,(H,18,19)/p-1/t14-/m1/s1. The summed E-state index contributed by atoms with van der Waals surface area (Å²) in [6.07, 6.45) is -0.0869. The van der Waals surface area contributed by atoms with Gasteiger partial charge in [0.25, 0.3) is 0 Å². The molecule has 19 heavy (non-hydrogen) atoms. The lowest BCUT2D eigenvalue weighted by Gasteiger charge is -2.17. The Morgan fingerprint density at radius 3 is 1.95 bits per heavy atom. The maximum absolute atomic E-state index is 12.0. The lowest BCUT2D eigenvalue weighted by Crippen LogP contribution is -2.31. The third kappa shape index (κ3) is 3.28. The highest BCUT2D eigenvalue weighted by Gasteiger charge is 2.17. The number of carboxylic acid groups (broad SMARTS) is 1. The normalized spacial score (nSPS) is 11.8. The van der Waals surface area contributed by atoms with E-state index in [0.29, 0.717) is 11.1 Å². The second-order valence-electron chi connectivity index (χ2n) is 4.28. The van der Waals surface area contributed by atoms with Crippen LogP contribution < -0.4 is 5.11 Å². The van der Waals surface area contributed by atoms with Gasteiger partial charge in [0.1, 0.15) is 0 Å². The number of ketones is 1. The first-order chi connectivity index (χ1) is 9.18. The highest BCUT2D eigenvalue weighted by atomic mass is 16.4. The van der Waals surface area contributed by atoms with E-state index in [0.717, 1.165) is 0 Å². The van der Waals surface area contributed by atoms with Gasteiger partial charge in [0.2, 0.25) is 0 Å². The first-order valence-corrected chi connectivity index (χ1v) is 6.02. The molecule has 0 fully saturated rings. The molecule has 0 saturated heterocycles. The minimum absolute atomic E-state index is 0.0869. The zero-order valence-corrected chi connectivity index (χ0v) is 10.3. The molecule has 2 aromatic rings. The molecule has 3 nitrogen and oxygen atoms in total. The Morgan fingerprint density at radius 1 is 0.895 bits per heavy atom. The maximum atomic E-state index is 12.0. The van der Waals surface area contributed by atoms with Gasteiger partial charge >= 0.3 is 0 Å². The minimum Gasteiger partial charge on any atom is -0.549 e. The van der Waals surface area contributed by atoms with Crippen molar-refractivity contribution in [1.82, 2.24) is 0 Å². The molecule has 0 saturated carbocycles. The molecule has 2 aromatic carbocycles. The number of Topliss-reactive ketones (excluding diaryl/α,β-unsaturated/α-hetero) is 1. The van der Waals surface area contributed by atoms with Gasteiger partial charge < -0.3 is 9.90 Å². The van der Waals surface area contributed by atoms with Crippen LogP contribution in [0, 0.1) is 0 Å². The van der Waals surface area contributed by atoms with Crippen LogP contribution in [0.15, 0.2) is 60.7 Å². The SMILES string of the molecule is O=C(C[C@@H](C(=O)[O-])c1ccccc1)c1ccccc1. The van der Waals surface area contributed by atoms with Crippen LogP contribution in [0.4, 0.5) is 0 Å². The monoisotopic (exact) mass is 253 g/mol. The molecule has 0 heterocycles. The molecule has 0 aliphatic heterocycles. The van der Waals surface area contributed by atoms with E-state index in [1.807, 2.05) is 6.07 Å². The predicted molar refractivity (Wildman–Crippen MR) is 69.6 cm³/mol. The third-order valence-corrected chi connectivity index (χ3v) is 2.97. The van der Waals surface area contributed by atoms with Crippen LogP contribution in [0.5, 0.6) is 0 Å². The Labute approximate surface area is 111 Å². The summed E-state index contributed by atoms with van der Waals surface area (Å²) < 4.78 is 0.